The standard InChI is InChI=1S/C19H19BrN4/c1-13-11-15(9-10-17(13)20)22-19-21-14(2)12-18(23-19)24(3)16-7-5-4-6-8-16/h4-12H,1-3H3,(H,21,22,23). The number of rotatable bonds is 4. The average Bonchev–Trinajstić information content (AvgIpc) is 2.58. The smallest absolute Gasteiger partial charge is 0.229 e. The van der Waals surface area contributed by atoms with Gasteiger partial charge in [0, 0.05) is 34.7 Å². The molecule has 0 fully saturated rings. The molecule has 0 saturated heterocycles. The van der Waals surface area contributed by atoms with Crippen LogP contribution in [0.5, 0.6) is 0 Å². The molecule has 5 heteroatoms. The quantitative estimate of drug-likeness (QED) is 0.658. The molecule has 0 amide bonds. The van der Waals surface area contributed by atoms with Crippen molar-refractivity contribution in [3.63, 3.8) is 0 Å². The minimum absolute atomic E-state index is 0.592. The van der Waals surface area contributed by atoms with Gasteiger partial charge in [-0.1, -0.05) is 34.1 Å². The van der Waals surface area contributed by atoms with E-state index in [-0.39, 0.29) is 0 Å². The Labute approximate surface area is 150 Å². The first kappa shape index (κ1) is 16.5. The number of anilines is 4. The second-order valence-corrected chi connectivity index (χ2v) is 6.53. The van der Waals surface area contributed by atoms with Crippen molar-refractivity contribution in [2.45, 2.75) is 13.8 Å². The van der Waals surface area contributed by atoms with E-state index >= 15 is 0 Å². The third-order valence-electron chi connectivity index (χ3n) is 3.74. The van der Waals surface area contributed by atoms with E-state index in [1.807, 2.05) is 55.3 Å². The van der Waals surface area contributed by atoms with Crippen molar-refractivity contribution in [3.8, 4) is 0 Å². The average molecular weight is 383 g/mol. The van der Waals surface area contributed by atoms with E-state index in [1.165, 1.54) is 0 Å². The zero-order valence-corrected chi connectivity index (χ0v) is 15.5. The minimum Gasteiger partial charge on any atom is -0.329 e. The lowest BCUT2D eigenvalue weighted by Gasteiger charge is -2.19. The van der Waals surface area contributed by atoms with Crippen LogP contribution < -0.4 is 10.2 Å². The van der Waals surface area contributed by atoms with Crippen LogP contribution in [0.15, 0.2) is 59.1 Å². The molecule has 3 aromatic rings. The minimum atomic E-state index is 0.592. The molecule has 0 aliphatic carbocycles. The predicted molar refractivity (Wildman–Crippen MR) is 103 cm³/mol. The van der Waals surface area contributed by atoms with E-state index in [1.54, 1.807) is 0 Å². The van der Waals surface area contributed by atoms with E-state index in [0.29, 0.717) is 5.95 Å². The maximum atomic E-state index is 4.65. The fourth-order valence-corrected chi connectivity index (χ4v) is 2.66. The molecule has 0 bridgehead atoms. The second kappa shape index (κ2) is 7.01. The van der Waals surface area contributed by atoms with Crippen LogP contribution in [-0.2, 0) is 0 Å². The molecule has 0 spiro atoms. The van der Waals surface area contributed by atoms with Gasteiger partial charge >= 0.3 is 0 Å². The third kappa shape index (κ3) is 3.74. The maximum absolute atomic E-state index is 4.65. The van der Waals surface area contributed by atoms with Gasteiger partial charge in [-0.3, -0.25) is 0 Å². The monoisotopic (exact) mass is 382 g/mol. The molecule has 0 aliphatic rings. The van der Waals surface area contributed by atoms with Crippen LogP contribution >= 0.6 is 15.9 Å². The predicted octanol–water partition coefficient (Wildman–Crippen LogP) is 5.37. The van der Waals surface area contributed by atoms with E-state index in [9.17, 15) is 0 Å². The number of hydrogen-bond donors (Lipinski definition) is 1. The largest absolute Gasteiger partial charge is 0.329 e. The first-order chi connectivity index (χ1) is 11.5. The molecular weight excluding hydrogens is 364 g/mol. The van der Waals surface area contributed by atoms with Gasteiger partial charge in [-0.05, 0) is 49.7 Å². The van der Waals surface area contributed by atoms with E-state index < -0.39 is 0 Å². The van der Waals surface area contributed by atoms with E-state index in [2.05, 4.69) is 56.3 Å². The molecule has 4 nitrogen and oxygen atoms in total. The van der Waals surface area contributed by atoms with Gasteiger partial charge in [0.2, 0.25) is 5.95 Å². The van der Waals surface area contributed by atoms with Crippen LogP contribution in [0.1, 0.15) is 11.3 Å². The Morgan fingerprint density at radius 1 is 0.958 bits per heavy atom. The molecule has 0 saturated carbocycles. The number of aromatic nitrogens is 2. The molecule has 1 aromatic heterocycles. The molecule has 1 N–H and O–H groups in total. The normalized spacial score (nSPS) is 10.5. The van der Waals surface area contributed by atoms with Gasteiger partial charge in [0.05, 0.1) is 0 Å². The Bertz CT molecular complexity index is 849. The molecule has 2 aromatic carbocycles. The Balaban J connectivity index is 1.90. The summed E-state index contributed by atoms with van der Waals surface area (Å²) in [7, 11) is 2.00. The molecule has 0 radical (unpaired) electrons. The summed E-state index contributed by atoms with van der Waals surface area (Å²) in [5, 5.41) is 3.29. The Morgan fingerprint density at radius 2 is 1.71 bits per heavy atom. The van der Waals surface area contributed by atoms with Gasteiger partial charge in [-0.25, -0.2) is 4.98 Å². The molecule has 3 rings (SSSR count). The summed E-state index contributed by atoms with van der Waals surface area (Å²) in [6.45, 7) is 4.03. The Hall–Kier alpha value is -2.40. The first-order valence-electron chi connectivity index (χ1n) is 7.70. The number of hydrogen-bond acceptors (Lipinski definition) is 4. The molecule has 0 atom stereocenters. The van der Waals surface area contributed by atoms with Crippen molar-refractivity contribution < 1.29 is 0 Å². The number of nitrogens with one attached hydrogen (secondary N) is 1. The van der Waals surface area contributed by atoms with Gasteiger partial charge in [-0.15, -0.1) is 0 Å². The Morgan fingerprint density at radius 3 is 2.42 bits per heavy atom. The number of halogens is 1. The van der Waals surface area contributed by atoms with Crippen molar-refractivity contribution in [1.29, 1.82) is 0 Å². The van der Waals surface area contributed by atoms with Crippen LogP contribution in [0.25, 0.3) is 0 Å². The lowest BCUT2D eigenvalue weighted by atomic mass is 10.2. The number of benzene rings is 2. The SMILES string of the molecule is Cc1cc(N(C)c2ccccc2)nc(Nc2ccc(Br)c(C)c2)n1. The second-order valence-electron chi connectivity index (χ2n) is 5.67. The molecular formula is C19H19BrN4. The fourth-order valence-electron chi connectivity index (χ4n) is 2.42. The van der Waals surface area contributed by atoms with Crippen LogP contribution in [0.2, 0.25) is 0 Å². The van der Waals surface area contributed by atoms with Crippen LogP contribution in [-0.4, -0.2) is 17.0 Å². The molecule has 122 valence electrons. The first-order valence-corrected chi connectivity index (χ1v) is 8.50. The highest BCUT2D eigenvalue weighted by Crippen LogP contribution is 2.25. The zero-order valence-electron chi connectivity index (χ0n) is 13.9. The lowest BCUT2D eigenvalue weighted by molar-refractivity contribution is 1.05. The van der Waals surface area contributed by atoms with Gasteiger partial charge in [0.25, 0.3) is 0 Å². The molecule has 24 heavy (non-hydrogen) atoms. The van der Waals surface area contributed by atoms with Crippen LogP contribution in [0.4, 0.5) is 23.1 Å². The summed E-state index contributed by atoms with van der Waals surface area (Å²) in [4.78, 5) is 11.2. The fraction of sp³-hybridized carbons (Fsp3) is 0.158. The van der Waals surface area contributed by atoms with Crippen LogP contribution in [0, 0.1) is 13.8 Å². The Kier molecular flexibility index (Phi) is 4.81. The van der Waals surface area contributed by atoms with Crippen molar-refractivity contribution in [3.05, 3.63) is 70.3 Å². The van der Waals surface area contributed by atoms with Gasteiger partial charge in [0.15, 0.2) is 0 Å². The van der Waals surface area contributed by atoms with Crippen molar-refractivity contribution in [2.24, 2.45) is 0 Å². The highest BCUT2D eigenvalue weighted by Gasteiger charge is 2.09. The zero-order chi connectivity index (χ0) is 17.1. The van der Waals surface area contributed by atoms with Crippen molar-refractivity contribution in [1.82, 2.24) is 9.97 Å². The van der Waals surface area contributed by atoms with Crippen molar-refractivity contribution in [2.75, 3.05) is 17.3 Å². The highest BCUT2D eigenvalue weighted by atomic mass is 79.9. The van der Waals surface area contributed by atoms with Gasteiger partial charge in [-0.2, -0.15) is 4.98 Å². The summed E-state index contributed by atoms with van der Waals surface area (Å²) >= 11 is 3.52. The summed E-state index contributed by atoms with van der Waals surface area (Å²) in [6.07, 6.45) is 0. The number of aryl methyl sites for hydroxylation is 2. The summed E-state index contributed by atoms with van der Waals surface area (Å²) in [5.41, 5.74) is 4.13. The molecule has 0 unspecified atom stereocenters. The van der Waals surface area contributed by atoms with E-state index in [4.69, 9.17) is 0 Å². The molecule has 1 heterocycles. The topological polar surface area (TPSA) is 41.1 Å². The van der Waals surface area contributed by atoms with Crippen LogP contribution in [0.3, 0.4) is 0 Å². The summed E-state index contributed by atoms with van der Waals surface area (Å²) in [5.74, 6) is 1.44. The maximum Gasteiger partial charge on any atom is 0.229 e. The van der Waals surface area contributed by atoms with Gasteiger partial charge < -0.3 is 10.2 Å². The summed E-state index contributed by atoms with van der Waals surface area (Å²) < 4.78 is 1.09. The van der Waals surface area contributed by atoms with Gasteiger partial charge in [0.1, 0.15) is 5.82 Å². The lowest BCUT2D eigenvalue weighted by Crippen LogP contribution is -2.13. The number of para-hydroxylation sites is 1. The van der Waals surface area contributed by atoms with Crippen molar-refractivity contribution >= 4 is 39.1 Å². The third-order valence-corrected chi connectivity index (χ3v) is 4.63. The number of nitrogens with zero attached hydrogens (tertiary/aromatic N) is 3. The summed E-state index contributed by atoms with van der Waals surface area (Å²) in [6, 6.07) is 18.2. The molecule has 0 aliphatic heterocycles. The van der Waals surface area contributed by atoms with E-state index in [0.717, 1.165) is 32.9 Å². The highest BCUT2D eigenvalue weighted by molar-refractivity contribution is 9.10.